The first kappa shape index (κ1) is 14.6. The predicted octanol–water partition coefficient (Wildman–Crippen LogP) is 2.67. The lowest BCUT2D eigenvalue weighted by molar-refractivity contribution is -0.142. The zero-order chi connectivity index (χ0) is 15.7. The van der Waals surface area contributed by atoms with Crippen molar-refractivity contribution in [2.24, 2.45) is 0 Å². The van der Waals surface area contributed by atoms with Crippen molar-refractivity contribution < 1.29 is 23.1 Å². The fraction of sp³-hybridized carbons (Fsp3) is 0.333. The molecule has 5 nitrogen and oxygen atoms in total. The van der Waals surface area contributed by atoms with Gasteiger partial charge in [0.1, 0.15) is 12.3 Å². The normalized spacial score (nSPS) is 18.7. The smallest absolute Gasteiger partial charge is 0.320 e. The summed E-state index contributed by atoms with van der Waals surface area (Å²) in [5.74, 6) is -2.57. The summed E-state index contributed by atoms with van der Waals surface area (Å²) in [6.45, 7) is 1.04. The molecule has 2 aromatic rings. The minimum Gasteiger partial charge on any atom is -0.480 e. The van der Waals surface area contributed by atoms with Crippen LogP contribution < -0.4 is 0 Å². The van der Waals surface area contributed by atoms with Crippen LogP contribution >= 0.6 is 0 Å². The van der Waals surface area contributed by atoms with Crippen molar-refractivity contribution in [1.82, 2.24) is 9.88 Å². The molecule has 0 radical (unpaired) electrons. The summed E-state index contributed by atoms with van der Waals surface area (Å²) in [4.78, 5) is 17.2. The Balaban J connectivity index is 1.76. The number of carboxylic acid groups (broad SMARTS) is 1. The number of aromatic nitrogens is 1. The van der Waals surface area contributed by atoms with Gasteiger partial charge in [0.05, 0.1) is 5.69 Å². The van der Waals surface area contributed by atoms with Crippen molar-refractivity contribution in [2.45, 2.75) is 25.4 Å². The molecule has 1 aliphatic heterocycles. The first-order chi connectivity index (χ1) is 10.5. The summed E-state index contributed by atoms with van der Waals surface area (Å²) in [6.07, 6.45) is 2.85. The molecule has 1 aromatic heterocycles. The Morgan fingerprint density at radius 1 is 1.41 bits per heavy atom. The van der Waals surface area contributed by atoms with Crippen LogP contribution in [0.25, 0.3) is 11.5 Å². The van der Waals surface area contributed by atoms with E-state index in [1.165, 1.54) is 12.3 Å². The van der Waals surface area contributed by atoms with E-state index in [2.05, 4.69) is 4.98 Å². The van der Waals surface area contributed by atoms with E-state index in [0.29, 0.717) is 30.8 Å². The standard InChI is InChI=1S/C15H14F2N2O3/c16-11-4-3-9(6-12(11)17)14-18-10(8-22-14)7-19-5-1-2-13(19)15(20)21/h3-4,6,8,13H,1-2,5,7H2,(H,20,21)/t13-/m1/s1. The van der Waals surface area contributed by atoms with Crippen LogP contribution in [0.1, 0.15) is 18.5 Å². The van der Waals surface area contributed by atoms with Crippen LogP contribution in [-0.4, -0.2) is 33.5 Å². The monoisotopic (exact) mass is 308 g/mol. The fourth-order valence-electron chi connectivity index (χ4n) is 2.64. The molecule has 0 spiro atoms. The van der Waals surface area contributed by atoms with Crippen LogP contribution in [0.5, 0.6) is 0 Å². The number of rotatable bonds is 4. The average molecular weight is 308 g/mol. The van der Waals surface area contributed by atoms with Crippen LogP contribution in [0.2, 0.25) is 0 Å². The Bertz CT molecular complexity index is 702. The first-order valence-electron chi connectivity index (χ1n) is 6.91. The van der Waals surface area contributed by atoms with Gasteiger partial charge < -0.3 is 9.52 Å². The molecule has 2 heterocycles. The third-order valence-electron chi connectivity index (χ3n) is 3.73. The first-order valence-corrected chi connectivity index (χ1v) is 6.91. The zero-order valence-electron chi connectivity index (χ0n) is 11.6. The Hall–Kier alpha value is -2.28. The van der Waals surface area contributed by atoms with Crippen LogP contribution in [-0.2, 0) is 11.3 Å². The predicted molar refractivity (Wildman–Crippen MR) is 72.9 cm³/mol. The van der Waals surface area contributed by atoms with E-state index in [0.717, 1.165) is 18.6 Å². The quantitative estimate of drug-likeness (QED) is 0.940. The molecule has 0 saturated carbocycles. The maximum absolute atomic E-state index is 13.2. The van der Waals surface area contributed by atoms with Gasteiger partial charge in [0.25, 0.3) is 0 Å². The Labute approximate surface area is 125 Å². The minimum atomic E-state index is -0.970. The van der Waals surface area contributed by atoms with Gasteiger partial charge in [-0.3, -0.25) is 9.69 Å². The van der Waals surface area contributed by atoms with Crippen molar-refractivity contribution in [3.63, 3.8) is 0 Å². The molecule has 1 saturated heterocycles. The summed E-state index contributed by atoms with van der Waals surface area (Å²) in [6, 6.07) is 2.89. The van der Waals surface area contributed by atoms with Gasteiger partial charge in [0.15, 0.2) is 11.6 Å². The Morgan fingerprint density at radius 2 is 2.23 bits per heavy atom. The lowest BCUT2D eigenvalue weighted by Crippen LogP contribution is -2.35. The highest BCUT2D eigenvalue weighted by Gasteiger charge is 2.30. The second kappa shape index (κ2) is 5.84. The number of likely N-dealkylation sites (tertiary alicyclic amines) is 1. The Kier molecular flexibility index (Phi) is 3.89. The molecule has 1 atom stereocenters. The van der Waals surface area contributed by atoms with Crippen molar-refractivity contribution in [3.8, 4) is 11.5 Å². The second-order valence-electron chi connectivity index (χ2n) is 5.24. The number of nitrogens with zero attached hydrogens (tertiary/aromatic N) is 2. The minimum absolute atomic E-state index is 0.181. The molecule has 0 bridgehead atoms. The number of aliphatic carboxylic acids is 1. The van der Waals surface area contributed by atoms with E-state index in [4.69, 9.17) is 9.52 Å². The summed E-state index contributed by atoms with van der Waals surface area (Å²) < 4.78 is 31.4. The number of hydrogen-bond acceptors (Lipinski definition) is 4. The van der Waals surface area contributed by atoms with Crippen LogP contribution in [0.15, 0.2) is 28.9 Å². The number of carbonyl (C=O) groups is 1. The molecule has 0 amide bonds. The van der Waals surface area contributed by atoms with Gasteiger partial charge in [0, 0.05) is 12.1 Å². The molecule has 1 N–H and O–H groups in total. The third-order valence-corrected chi connectivity index (χ3v) is 3.73. The highest BCUT2D eigenvalue weighted by Crippen LogP contribution is 2.24. The molecule has 1 aromatic carbocycles. The molecule has 1 aliphatic rings. The largest absolute Gasteiger partial charge is 0.480 e. The van der Waals surface area contributed by atoms with Gasteiger partial charge in [-0.15, -0.1) is 0 Å². The summed E-state index contributed by atoms with van der Waals surface area (Å²) in [5, 5.41) is 9.14. The van der Waals surface area contributed by atoms with Gasteiger partial charge >= 0.3 is 5.97 Å². The Morgan fingerprint density at radius 3 is 2.95 bits per heavy atom. The van der Waals surface area contributed by atoms with Crippen molar-refractivity contribution in [1.29, 1.82) is 0 Å². The van der Waals surface area contributed by atoms with Crippen LogP contribution in [0.4, 0.5) is 8.78 Å². The molecule has 0 aliphatic carbocycles. The molecule has 116 valence electrons. The van der Waals surface area contributed by atoms with E-state index in [9.17, 15) is 13.6 Å². The molecule has 7 heteroatoms. The van der Waals surface area contributed by atoms with E-state index >= 15 is 0 Å². The summed E-state index contributed by atoms with van der Waals surface area (Å²) >= 11 is 0. The molecule has 0 unspecified atom stereocenters. The van der Waals surface area contributed by atoms with E-state index in [1.54, 1.807) is 0 Å². The maximum atomic E-state index is 13.2. The van der Waals surface area contributed by atoms with Gasteiger partial charge in [-0.05, 0) is 37.6 Å². The topological polar surface area (TPSA) is 66.6 Å². The summed E-state index contributed by atoms with van der Waals surface area (Å²) in [5.41, 5.74) is 0.897. The highest BCUT2D eigenvalue weighted by atomic mass is 19.2. The molecular formula is C15H14F2N2O3. The lowest BCUT2D eigenvalue weighted by Gasteiger charge is -2.19. The van der Waals surface area contributed by atoms with E-state index in [-0.39, 0.29) is 5.89 Å². The third kappa shape index (κ3) is 2.85. The number of carboxylic acids is 1. The summed E-state index contributed by atoms with van der Waals surface area (Å²) in [7, 11) is 0. The van der Waals surface area contributed by atoms with Gasteiger partial charge in [-0.25, -0.2) is 13.8 Å². The average Bonchev–Trinajstić information content (AvgIpc) is 3.11. The van der Waals surface area contributed by atoms with Gasteiger partial charge in [-0.2, -0.15) is 0 Å². The van der Waals surface area contributed by atoms with Gasteiger partial charge in [0.2, 0.25) is 5.89 Å². The van der Waals surface area contributed by atoms with Crippen LogP contribution in [0, 0.1) is 11.6 Å². The molecule has 1 fully saturated rings. The number of hydrogen-bond donors (Lipinski definition) is 1. The lowest BCUT2D eigenvalue weighted by atomic mass is 10.2. The van der Waals surface area contributed by atoms with Crippen LogP contribution in [0.3, 0.4) is 0 Å². The second-order valence-corrected chi connectivity index (χ2v) is 5.24. The number of oxazole rings is 1. The molecular weight excluding hydrogens is 294 g/mol. The maximum Gasteiger partial charge on any atom is 0.320 e. The highest BCUT2D eigenvalue weighted by molar-refractivity contribution is 5.73. The van der Waals surface area contributed by atoms with E-state index < -0.39 is 23.6 Å². The fourth-order valence-corrected chi connectivity index (χ4v) is 2.64. The van der Waals surface area contributed by atoms with Crippen molar-refractivity contribution in [2.75, 3.05) is 6.54 Å². The van der Waals surface area contributed by atoms with Crippen molar-refractivity contribution in [3.05, 3.63) is 41.8 Å². The number of benzene rings is 1. The van der Waals surface area contributed by atoms with Crippen molar-refractivity contribution >= 4 is 5.97 Å². The molecule has 3 rings (SSSR count). The molecule has 22 heavy (non-hydrogen) atoms. The number of halogens is 2. The van der Waals surface area contributed by atoms with E-state index in [1.807, 2.05) is 4.90 Å². The SMILES string of the molecule is O=C(O)[C@H]1CCCN1Cc1coc(-c2ccc(F)c(F)c2)n1. The zero-order valence-corrected chi connectivity index (χ0v) is 11.6. The van der Waals surface area contributed by atoms with Gasteiger partial charge in [-0.1, -0.05) is 0 Å².